The Bertz CT molecular complexity index is 2330. The van der Waals surface area contributed by atoms with Crippen molar-refractivity contribution >= 4 is 17.1 Å². The van der Waals surface area contributed by atoms with Gasteiger partial charge in [0.1, 0.15) is 0 Å². The Morgan fingerprint density at radius 3 is 1.51 bits per heavy atom. The highest BCUT2D eigenvalue weighted by atomic mass is 15.2. The molecule has 222 valence electrons. The molecule has 0 radical (unpaired) electrons. The van der Waals surface area contributed by atoms with Crippen LogP contribution in [0.4, 0.5) is 17.1 Å². The van der Waals surface area contributed by atoms with Crippen molar-refractivity contribution in [3.63, 3.8) is 0 Å². The van der Waals surface area contributed by atoms with Crippen molar-refractivity contribution in [3.05, 3.63) is 197 Å². The molecular formula is C46H33N. The van der Waals surface area contributed by atoms with Gasteiger partial charge in [0.25, 0.3) is 0 Å². The summed E-state index contributed by atoms with van der Waals surface area (Å²) in [7, 11) is 0. The van der Waals surface area contributed by atoms with Crippen LogP contribution < -0.4 is 4.90 Å². The van der Waals surface area contributed by atoms with E-state index in [1.807, 2.05) is 0 Å². The summed E-state index contributed by atoms with van der Waals surface area (Å²) < 4.78 is 0. The van der Waals surface area contributed by atoms with Gasteiger partial charge in [-0.1, -0.05) is 153 Å². The molecule has 7 aromatic rings. The zero-order valence-corrected chi connectivity index (χ0v) is 26.5. The number of fused-ring (bicyclic) bond motifs is 12. The highest BCUT2D eigenvalue weighted by Gasteiger charge is 2.53. The fraction of sp³-hybridized carbons (Fsp3) is 0.0870. The van der Waals surface area contributed by atoms with Gasteiger partial charge < -0.3 is 4.90 Å². The zero-order valence-electron chi connectivity index (χ0n) is 26.5. The fourth-order valence-corrected chi connectivity index (χ4v) is 9.09. The first-order valence-corrected chi connectivity index (χ1v) is 16.6. The van der Waals surface area contributed by atoms with E-state index in [9.17, 15) is 0 Å². The van der Waals surface area contributed by atoms with E-state index in [4.69, 9.17) is 0 Å². The number of hydrogen-bond acceptors (Lipinski definition) is 1. The van der Waals surface area contributed by atoms with Crippen LogP contribution in [-0.2, 0) is 10.8 Å². The minimum absolute atomic E-state index is 0.182. The third kappa shape index (κ3) is 3.34. The normalized spacial score (nSPS) is 15.3. The Kier molecular flexibility index (Phi) is 5.33. The van der Waals surface area contributed by atoms with Gasteiger partial charge in [-0.3, -0.25) is 0 Å². The fourth-order valence-electron chi connectivity index (χ4n) is 9.09. The molecule has 1 heterocycles. The Labute approximate surface area is 276 Å². The largest absolute Gasteiger partial charge is 0.310 e. The highest BCUT2D eigenvalue weighted by molar-refractivity contribution is 6.00. The molecule has 10 rings (SSSR count). The predicted molar refractivity (Wildman–Crippen MR) is 195 cm³/mol. The van der Waals surface area contributed by atoms with E-state index < -0.39 is 5.41 Å². The Morgan fingerprint density at radius 2 is 0.851 bits per heavy atom. The first-order valence-electron chi connectivity index (χ1n) is 16.6. The SMILES string of the molecule is CC1(C)c2ccccc2N(c2cccc3c2C2(c4ccccc4-c4ccccc42)c2ccccc2-3)c2ccc(-c3ccccc3)cc21. The van der Waals surface area contributed by atoms with Crippen molar-refractivity contribution in [2.24, 2.45) is 0 Å². The Balaban J connectivity index is 1.32. The molecule has 0 saturated heterocycles. The first kappa shape index (κ1) is 26.5. The Hall–Kier alpha value is -5.66. The van der Waals surface area contributed by atoms with Crippen LogP contribution in [0.5, 0.6) is 0 Å². The molecule has 7 aromatic carbocycles. The summed E-state index contributed by atoms with van der Waals surface area (Å²) in [6.45, 7) is 4.76. The van der Waals surface area contributed by atoms with E-state index in [2.05, 4.69) is 183 Å². The quantitative estimate of drug-likeness (QED) is 0.191. The summed E-state index contributed by atoms with van der Waals surface area (Å²) in [6, 6.07) is 61.1. The van der Waals surface area contributed by atoms with Gasteiger partial charge in [0, 0.05) is 11.0 Å². The second kappa shape index (κ2) is 9.44. The summed E-state index contributed by atoms with van der Waals surface area (Å²) in [5.41, 5.74) is 19.0. The summed E-state index contributed by atoms with van der Waals surface area (Å²) in [6.07, 6.45) is 0. The lowest BCUT2D eigenvalue weighted by Gasteiger charge is -2.44. The van der Waals surface area contributed by atoms with E-state index in [1.165, 1.54) is 83.8 Å². The maximum atomic E-state index is 2.57. The van der Waals surface area contributed by atoms with Crippen LogP contribution in [0.1, 0.15) is 47.2 Å². The number of hydrogen-bond donors (Lipinski definition) is 0. The van der Waals surface area contributed by atoms with E-state index in [1.54, 1.807) is 0 Å². The molecule has 0 amide bonds. The number of nitrogens with zero attached hydrogens (tertiary/aromatic N) is 1. The maximum absolute atomic E-state index is 2.57. The maximum Gasteiger partial charge on any atom is 0.0746 e. The van der Waals surface area contributed by atoms with Crippen molar-refractivity contribution in [3.8, 4) is 33.4 Å². The van der Waals surface area contributed by atoms with Crippen LogP contribution in [0.15, 0.2) is 164 Å². The van der Waals surface area contributed by atoms with E-state index in [0.717, 1.165) is 0 Å². The number of rotatable bonds is 2. The minimum Gasteiger partial charge on any atom is -0.310 e. The molecule has 0 N–H and O–H groups in total. The molecule has 0 aromatic heterocycles. The average molecular weight is 600 g/mol. The van der Waals surface area contributed by atoms with Crippen LogP contribution in [0, 0.1) is 0 Å². The van der Waals surface area contributed by atoms with Gasteiger partial charge in [0.15, 0.2) is 0 Å². The summed E-state index contributed by atoms with van der Waals surface area (Å²) in [5.74, 6) is 0. The second-order valence-electron chi connectivity index (χ2n) is 13.7. The monoisotopic (exact) mass is 599 g/mol. The van der Waals surface area contributed by atoms with Gasteiger partial charge in [-0.05, 0) is 85.5 Å². The zero-order chi connectivity index (χ0) is 31.3. The van der Waals surface area contributed by atoms with Crippen LogP contribution in [0.3, 0.4) is 0 Å². The number of anilines is 3. The molecule has 0 saturated carbocycles. The van der Waals surface area contributed by atoms with Crippen molar-refractivity contribution < 1.29 is 0 Å². The third-order valence-electron chi connectivity index (χ3n) is 11.1. The smallest absolute Gasteiger partial charge is 0.0746 e. The van der Waals surface area contributed by atoms with Gasteiger partial charge >= 0.3 is 0 Å². The molecule has 1 nitrogen and oxygen atoms in total. The third-order valence-corrected chi connectivity index (χ3v) is 11.1. The van der Waals surface area contributed by atoms with Crippen LogP contribution >= 0.6 is 0 Å². The van der Waals surface area contributed by atoms with Gasteiger partial charge in [-0.25, -0.2) is 0 Å². The molecule has 47 heavy (non-hydrogen) atoms. The predicted octanol–water partition coefficient (Wildman–Crippen LogP) is 11.8. The second-order valence-corrected chi connectivity index (χ2v) is 13.7. The molecule has 1 heteroatoms. The van der Waals surface area contributed by atoms with E-state index >= 15 is 0 Å². The van der Waals surface area contributed by atoms with Crippen molar-refractivity contribution in [1.82, 2.24) is 0 Å². The van der Waals surface area contributed by atoms with Crippen LogP contribution in [0.2, 0.25) is 0 Å². The van der Waals surface area contributed by atoms with E-state index in [-0.39, 0.29) is 5.41 Å². The van der Waals surface area contributed by atoms with Crippen molar-refractivity contribution in [2.75, 3.05) is 4.90 Å². The summed E-state index contributed by atoms with van der Waals surface area (Å²) >= 11 is 0. The van der Waals surface area contributed by atoms with Gasteiger partial charge in [0.05, 0.1) is 22.5 Å². The lowest BCUT2D eigenvalue weighted by Crippen LogP contribution is -2.33. The van der Waals surface area contributed by atoms with Crippen molar-refractivity contribution in [1.29, 1.82) is 0 Å². The minimum atomic E-state index is -0.429. The van der Waals surface area contributed by atoms with Crippen molar-refractivity contribution in [2.45, 2.75) is 24.7 Å². The molecule has 1 spiro atoms. The molecule has 3 aliphatic rings. The molecule has 0 atom stereocenters. The molecule has 1 aliphatic heterocycles. The topological polar surface area (TPSA) is 3.24 Å². The number of benzene rings is 7. The molecule has 0 unspecified atom stereocenters. The van der Waals surface area contributed by atoms with Gasteiger partial charge in [-0.15, -0.1) is 0 Å². The van der Waals surface area contributed by atoms with Gasteiger partial charge in [0.2, 0.25) is 0 Å². The lowest BCUT2D eigenvalue weighted by molar-refractivity contribution is 0.631. The molecule has 0 fully saturated rings. The van der Waals surface area contributed by atoms with Gasteiger partial charge in [-0.2, -0.15) is 0 Å². The van der Waals surface area contributed by atoms with Crippen LogP contribution in [0.25, 0.3) is 33.4 Å². The summed E-state index contributed by atoms with van der Waals surface area (Å²) in [5, 5.41) is 0. The molecular weight excluding hydrogens is 567 g/mol. The standard InChI is InChI=1S/C46H33N/c1-45(2)39-24-12-13-25-41(39)47(42-28-27-31(29-40(42)45)30-15-4-3-5-16-30)43-26-14-20-35-34-19-8-11-23-38(34)46(44(35)43)36-21-9-6-17-32(36)33-18-7-10-22-37(33)46/h3-29H,1-2H3. The highest BCUT2D eigenvalue weighted by Crippen LogP contribution is 2.66. The Morgan fingerprint density at radius 1 is 0.362 bits per heavy atom. The summed E-state index contributed by atoms with van der Waals surface area (Å²) in [4.78, 5) is 2.57. The average Bonchev–Trinajstić information content (AvgIpc) is 3.60. The van der Waals surface area contributed by atoms with E-state index in [0.29, 0.717) is 0 Å². The molecule has 0 bridgehead atoms. The van der Waals surface area contributed by atoms with Crippen LogP contribution in [-0.4, -0.2) is 0 Å². The first-order chi connectivity index (χ1) is 23.1. The lowest BCUT2D eigenvalue weighted by atomic mass is 9.69. The number of para-hydroxylation sites is 1. The molecule has 2 aliphatic carbocycles.